The van der Waals surface area contributed by atoms with E-state index in [0.717, 1.165) is 23.4 Å². The van der Waals surface area contributed by atoms with E-state index < -0.39 is 0 Å². The van der Waals surface area contributed by atoms with Gasteiger partial charge in [0.1, 0.15) is 5.75 Å². The second kappa shape index (κ2) is 8.85. The molecule has 0 aliphatic carbocycles. The molecular formula is C18H22N2O2. The number of rotatable bonds is 8. The molecule has 1 amide bonds. The summed E-state index contributed by atoms with van der Waals surface area (Å²) in [6, 6.07) is 17.5. The fraction of sp³-hybridized carbons (Fsp3) is 0.278. The van der Waals surface area contributed by atoms with Crippen LogP contribution in [0.5, 0.6) is 5.75 Å². The first kappa shape index (κ1) is 16.0. The number of nitrogens with one attached hydrogen (secondary N) is 2. The normalized spacial score (nSPS) is 10.2. The minimum Gasteiger partial charge on any atom is -0.494 e. The molecular weight excluding hydrogens is 276 g/mol. The van der Waals surface area contributed by atoms with E-state index in [1.54, 1.807) is 0 Å². The molecule has 0 atom stereocenters. The fourth-order valence-corrected chi connectivity index (χ4v) is 2.00. The van der Waals surface area contributed by atoms with Gasteiger partial charge in [0.25, 0.3) is 0 Å². The van der Waals surface area contributed by atoms with Crippen LogP contribution in [0.25, 0.3) is 0 Å². The largest absolute Gasteiger partial charge is 0.494 e. The van der Waals surface area contributed by atoms with Gasteiger partial charge in [-0.2, -0.15) is 0 Å². The van der Waals surface area contributed by atoms with Crippen molar-refractivity contribution in [3.63, 3.8) is 0 Å². The zero-order valence-electron chi connectivity index (χ0n) is 12.8. The molecule has 0 saturated carbocycles. The Bertz CT molecular complexity index is 585. The third-order valence-corrected chi connectivity index (χ3v) is 3.05. The van der Waals surface area contributed by atoms with Crippen LogP contribution in [0.2, 0.25) is 0 Å². The van der Waals surface area contributed by atoms with E-state index in [1.807, 2.05) is 54.6 Å². The van der Waals surface area contributed by atoms with Crippen LogP contribution in [-0.2, 0) is 11.3 Å². The average Bonchev–Trinajstić information content (AvgIpc) is 2.54. The second-order valence-electron chi connectivity index (χ2n) is 5.01. The minimum absolute atomic E-state index is 0.0661. The molecule has 0 radical (unpaired) electrons. The molecule has 0 fully saturated rings. The molecule has 2 aromatic carbocycles. The molecule has 0 heterocycles. The van der Waals surface area contributed by atoms with Gasteiger partial charge >= 0.3 is 0 Å². The van der Waals surface area contributed by atoms with Crippen LogP contribution in [0.4, 0.5) is 5.69 Å². The molecule has 4 heteroatoms. The summed E-state index contributed by atoms with van der Waals surface area (Å²) in [5.74, 6) is 0.709. The average molecular weight is 298 g/mol. The van der Waals surface area contributed by atoms with Crippen LogP contribution in [0.3, 0.4) is 0 Å². The molecule has 116 valence electrons. The zero-order chi connectivity index (χ0) is 15.6. The predicted molar refractivity (Wildman–Crippen MR) is 89.0 cm³/mol. The number of carbonyl (C=O) groups excluding carboxylic acids is 1. The maximum absolute atomic E-state index is 11.9. The van der Waals surface area contributed by atoms with Gasteiger partial charge in [0.15, 0.2) is 0 Å². The van der Waals surface area contributed by atoms with Gasteiger partial charge in [0.05, 0.1) is 13.2 Å². The van der Waals surface area contributed by atoms with Gasteiger partial charge in [0.2, 0.25) is 5.91 Å². The van der Waals surface area contributed by atoms with E-state index in [4.69, 9.17) is 4.74 Å². The van der Waals surface area contributed by atoms with Crippen molar-refractivity contribution in [1.29, 1.82) is 0 Å². The van der Waals surface area contributed by atoms with Gasteiger partial charge in [-0.05, 0) is 24.1 Å². The van der Waals surface area contributed by atoms with Gasteiger partial charge < -0.3 is 15.4 Å². The molecule has 0 aliphatic heterocycles. The van der Waals surface area contributed by atoms with Crippen molar-refractivity contribution in [1.82, 2.24) is 5.32 Å². The first-order valence-corrected chi connectivity index (χ1v) is 7.55. The SMILES string of the molecule is CCCOc1cccc(NC(=O)CNCc2ccccc2)c1. The molecule has 2 aromatic rings. The summed E-state index contributed by atoms with van der Waals surface area (Å²) in [7, 11) is 0. The van der Waals surface area contributed by atoms with Crippen molar-refractivity contribution in [2.75, 3.05) is 18.5 Å². The molecule has 22 heavy (non-hydrogen) atoms. The summed E-state index contributed by atoms with van der Waals surface area (Å²) in [5.41, 5.74) is 1.91. The van der Waals surface area contributed by atoms with Crippen molar-refractivity contribution in [2.24, 2.45) is 0 Å². The third kappa shape index (κ3) is 5.58. The van der Waals surface area contributed by atoms with Gasteiger partial charge in [0, 0.05) is 18.3 Å². The fourth-order valence-electron chi connectivity index (χ4n) is 2.00. The summed E-state index contributed by atoms with van der Waals surface area (Å²) in [4.78, 5) is 11.9. The van der Waals surface area contributed by atoms with E-state index in [9.17, 15) is 4.79 Å². The molecule has 4 nitrogen and oxygen atoms in total. The van der Waals surface area contributed by atoms with E-state index in [0.29, 0.717) is 13.2 Å². The standard InChI is InChI=1S/C18H22N2O2/c1-2-11-22-17-10-6-9-16(12-17)20-18(21)14-19-13-15-7-4-3-5-8-15/h3-10,12,19H,2,11,13-14H2,1H3,(H,20,21). The first-order valence-electron chi connectivity index (χ1n) is 7.55. The van der Waals surface area contributed by atoms with E-state index >= 15 is 0 Å². The minimum atomic E-state index is -0.0661. The highest BCUT2D eigenvalue weighted by Gasteiger charge is 2.03. The summed E-state index contributed by atoms with van der Waals surface area (Å²) in [6.45, 7) is 3.68. The van der Waals surface area contributed by atoms with Gasteiger partial charge in [-0.3, -0.25) is 4.79 Å². The van der Waals surface area contributed by atoms with Crippen LogP contribution >= 0.6 is 0 Å². The number of hydrogen-bond donors (Lipinski definition) is 2. The van der Waals surface area contributed by atoms with Crippen LogP contribution in [0.1, 0.15) is 18.9 Å². The Hall–Kier alpha value is -2.33. The molecule has 0 unspecified atom stereocenters. The zero-order valence-corrected chi connectivity index (χ0v) is 12.8. The maximum atomic E-state index is 11.9. The van der Waals surface area contributed by atoms with Crippen LogP contribution in [0.15, 0.2) is 54.6 Å². The highest BCUT2D eigenvalue weighted by molar-refractivity contribution is 5.92. The topological polar surface area (TPSA) is 50.4 Å². The van der Waals surface area contributed by atoms with E-state index in [1.165, 1.54) is 0 Å². The van der Waals surface area contributed by atoms with Gasteiger partial charge in [-0.25, -0.2) is 0 Å². The van der Waals surface area contributed by atoms with Crippen molar-refractivity contribution in [3.05, 3.63) is 60.2 Å². The Labute approximate surface area is 131 Å². The molecule has 0 bridgehead atoms. The molecule has 2 rings (SSSR count). The van der Waals surface area contributed by atoms with Crippen molar-refractivity contribution in [2.45, 2.75) is 19.9 Å². The number of benzene rings is 2. The van der Waals surface area contributed by atoms with Crippen molar-refractivity contribution < 1.29 is 9.53 Å². The Kier molecular flexibility index (Phi) is 6.45. The molecule has 0 spiro atoms. The van der Waals surface area contributed by atoms with Crippen molar-refractivity contribution in [3.8, 4) is 5.75 Å². The molecule has 0 saturated heterocycles. The third-order valence-electron chi connectivity index (χ3n) is 3.05. The number of hydrogen-bond acceptors (Lipinski definition) is 3. The summed E-state index contributed by atoms with van der Waals surface area (Å²) < 4.78 is 5.55. The number of anilines is 1. The predicted octanol–water partition coefficient (Wildman–Crippen LogP) is 3.20. The van der Waals surface area contributed by atoms with E-state index in [-0.39, 0.29) is 12.5 Å². The Morgan fingerprint density at radius 1 is 1.09 bits per heavy atom. The lowest BCUT2D eigenvalue weighted by molar-refractivity contribution is -0.115. The van der Waals surface area contributed by atoms with Gasteiger partial charge in [-0.15, -0.1) is 0 Å². The van der Waals surface area contributed by atoms with E-state index in [2.05, 4.69) is 17.6 Å². The lowest BCUT2D eigenvalue weighted by Gasteiger charge is -2.09. The monoisotopic (exact) mass is 298 g/mol. The Morgan fingerprint density at radius 2 is 1.91 bits per heavy atom. The summed E-state index contributed by atoms with van der Waals surface area (Å²) in [6.07, 6.45) is 0.958. The van der Waals surface area contributed by atoms with Crippen LogP contribution < -0.4 is 15.4 Å². The van der Waals surface area contributed by atoms with Crippen LogP contribution in [-0.4, -0.2) is 19.1 Å². The lowest BCUT2D eigenvalue weighted by Crippen LogP contribution is -2.27. The van der Waals surface area contributed by atoms with Crippen molar-refractivity contribution >= 4 is 11.6 Å². The molecule has 0 aliphatic rings. The number of amides is 1. The Balaban J connectivity index is 1.77. The van der Waals surface area contributed by atoms with Gasteiger partial charge in [-0.1, -0.05) is 43.3 Å². The van der Waals surface area contributed by atoms with Crippen LogP contribution in [0, 0.1) is 0 Å². The quantitative estimate of drug-likeness (QED) is 0.787. The Morgan fingerprint density at radius 3 is 2.68 bits per heavy atom. The molecule has 2 N–H and O–H groups in total. The number of ether oxygens (including phenoxy) is 1. The summed E-state index contributed by atoms with van der Waals surface area (Å²) in [5, 5.41) is 5.99. The first-order chi connectivity index (χ1) is 10.8. The maximum Gasteiger partial charge on any atom is 0.238 e. The highest BCUT2D eigenvalue weighted by Crippen LogP contribution is 2.17. The summed E-state index contributed by atoms with van der Waals surface area (Å²) >= 11 is 0. The highest BCUT2D eigenvalue weighted by atomic mass is 16.5. The lowest BCUT2D eigenvalue weighted by atomic mass is 10.2. The smallest absolute Gasteiger partial charge is 0.238 e. The second-order valence-corrected chi connectivity index (χ2v) is 5.01. The molecule has 0 aromatic heterocycles. The number of carbonyl (C=O) groups is 1.